The van der Waals surface area contributed by atoms with Crippen molar-refractivity contribution in [3.05, 3.63) is 29.8 Å². The number of Topliss-reactive ketones (excluding diaryl/α,β-unsaturated/α-hetero) is 1. The second kappa shape index (κ2) is 6.20. The molecule has 0 aromatic heterocycles. The van der Waals surface area contributed by atoms with Gasteiger partial charge in [-0.15, -0.1) is 0 Å². The van der Waals surface area contributed by atoms with E-state index >= 15 is 0 Å². The van der Waals surface area contributed by atoms with Gasteiger partial charge in [0.25, 0.3) is 0 Å². The summed E-state index contributed by atoms with van der Waals surface area (Å²) in [5.41, 5.74) is 6.37. The topological polar surface area (TPSA) is 52.3 Å². The summed E-state index contributed by atoms with van der Waals surface area (Å²) in [4.78, 5) is 12.8. The van der Waals surface area contributed by atoms with Gasteiger partial charge in [0.2, 0.25) is 0 Å². The van der Waals surface area contributed by atoms with Crippen molar-refractivity contribution in [2.45, 2.75) is 38.5 Å². The first-order chi connectivity index (χ1) is 9.22. The zero-order chi connectivity index (χ0) is 13.7. The summed E-state index contributed by atoms with van der Waals surface area (Å²) in [5.74, 6) is 0.985. The summed E-state index contributed by atoms with van der Waals surface area (Å²) in [6, 6.07) is 7.38. The van der Waals surface area contributed by atoms with E-state index in [1.54, 1.807) is 7.11 Å². The number of nitrogens with two attached hydrogens (primary N) is 1. The number of carbonyl (C=O) groups excluding carboxylic acids is 1. The van der Waals surface area contributed by atoms with Gasteiger partial charge in [0.05, 0.1) is 7.11 Å². The third-order valence-electron chi connectivity index (χ3n) is 4.29. The standard InChI is InChI=1S/C16H23NO2/c1-19-14-8-6-13(7-9-14)15(18)16(12-17)10-4-2-3-5-11-16/h6-9H,2-5,10-12,17H2,1H3. The van der Waals surface area contributed by atoms with Crippen molar-refractivity contribution in [3.8, 4) is 5.75 Å². The summed E-state index contributed by atoms with van der Waals surface area (Å²) < 4.78 is 5.13. The van der Waals surface area contributed by atoms with Crippen molar-refractivity contribution < 1.29 is 9.53 Å². The molecule has 19 heavy (non-hydrogen) atoms. The van der Waals surface area contributed by atoms with Crippen LogP contribution in [0.1, 0.15) is 48.9 Å². The molecule has 0 amide bonds. The van der Waals surface area contributed by atoms with Crippen LogP contribution in [0.5, 0.6) is 5.75 Å². The third-order valence-corrected chi connectivity index (χ3v) is 4.29. The molecule has 1 aromatic carbocycles. The van der Waals surface area contributed by atoms with E-state index in [1.165, 1.54) is 12.8 Å². The molecule has 3 nitrogen and oxygen atoms in total. The Kier molecular flexibility index (Phi) is 4.59. The zero-order valence-corrected chi connectivity index (χ0v) is 11.7. The van der Waals surface area contributed by atoms with Crippen LogP contribution < -0.4 is 10.5 Å². The number of methoxy groups -OCH3 is 1. The lowest BCUT2D eigenvalue weighted by Crippen LogP contribution is -2.38. The van der Waals surface area contributed by atoms with Crippen molar-refractivity contribution in [2.75, 3.05) is 13.7 Å². The van der Waals surface area contributed by atoms with E-state index in [2.05, 4.69) is 0 Å². The first-order valence-corrected chi connectivity index (χ1v) is 7.11. The fourth-order valence-electron chi connectivity index (χ4n) is 2.98. The van der Waals surface area contributed by atoms with Crippen molar-refractivity contribution in [2.24, 2.45) is 11.1 Å². The van der Waals surface area contributed by atoms with Crippen LogP contribution in [0.15, 0.2) is 24.3 Å². The van der Waals surface area contributed by atoms with Crippen LogP contribution in [0.2, 0.25) is 0 Å². The van der Waals surface area contributed by atoms with Gasteiger partial charge in [-0.1, -0.05) is 25.7 Å². The van der Waals surface area contributed by atoms with E-state index in [1.807, 2.05) is 24.3 Å². The van der Waals surface area contributed by atoms with E-state index in [4.69, 9.17) is 10.5 Å². The highest BCUT2D eigenvalue weighted by atomic mass is 16.5. The van der Waals surface area contributed by atoms with E-state index < -0.39 is 0 Å². The monoisotopic (exact) mass is 261 g/mol. The normalized spacial score (nSPS) is 18.6. The first-order valence-electron chi connectivity index (χ1n) is 7.11. The molecule has 1 saturated carbocycles. The molecule has 0 atom stereocenters. The van der Waals surface area contributed by atoms with Crippen LogP contribution in [-0.4, -0.2) is 19.4 Å². The Morgan fingerprint density at radius 2 is 1.74 bits per heavy atom. The minimum absolute atomic E-state index is 0.208. The molecule has 0 bridgehead atoms. The molecule has 0 heterocycles. The molecule has 0 spiro atoms. The number of ketones is 1. The van der Waals surface area contributed by atoms with Gasteiger partial charge in [0.1, 0.15) is 5.75 Å². The van der Waals surface area contributed by atoms with Crippen LogP contribution in [0.4, 0.5) is 0 Å². The summed E-state index contributed by atoms with van der Waals surface area (Å²) in [7, 11) is 1.63. The minimum atomic E-state index is -0.342. The van der Waals surface area contributed by atoms with Gasteiger partial charge in [-0.25, -0.2) is 0 Å². The number of benzene rings is 1. The van der Waals surface area contributed by atoms with Crippen molar-refractivity contribution in [3.63, 3.8) is 0 Å². The molecular formula is C16H23NO2. The van der Waals surface area contributed by atoms with Gasteiger partial charge in [-0.2, -0.15) is 0 Å². The lowest BCUT2D eigenvalue weighted by Gasteiger charge is -2.29. The van der Waals surface area contributed by atoms with Crippen LogP contribution in [0, 0.1) is 5.41 Å². The molecule has 0 radical (unpaired) electrons. The molecule has 0 aliphatic heterocycles. The van der Waals surface area contributed by atoms with Crippen LogP contribution >= 0.6 is 0 Å². The van der Waals surface area contributed by atoms with Crippen LogP contribution in [0.25, 0.3) is 0 Å². The number of rotatable bonds is 4. The average Bonchev–Trinajstić information content (AvgIpc) is 2.73. The quantitative estimate of drug-likeness (QED) is 0.669. The summed E-state index contributed by atoms with van der Waals surface area (Å²) in [6.07, 6.45) is 6.51. The largest absolute Gasteiger partial charge is 0.497 e. The smallest absolute Gasteiger partial charge is 0.170 e. The van der Waals surface area contributed by atoms with E-state index in [0.717, 1.165) is 37.0 Å². The second-order valence-electron chi connectivity index (χ2n) is 5.46. The molecule has 1 aliphatic rings. The van der Waals surface area contributed by atoms with Gasteiger partial charge in [0, 0.05) is 17.5 Å². The molecule has 3 heteroatoms. The van der Waals surface area contributed by atoms with Crippen LogP contribution in [-0.2, 0) is 0 Å². The summed E-state index contributed by atoms with van der Waals surface area (Å²) in [6.45, 7) is 0.456. The molecule has 2 N–H and O–H groups in total. The lowest BCUT2D eigenvalue weighted by atomic mass is 9.74. The Hall–Kier alpha value is -1.35. The van der Waals surface area contributed by atoms with Gasteiger partial charge in [0.15, 0.2) is 5.78 Å². The Morgan fingerprint density at radius 3 is 2.21 bits per heavy atom. The molecule has 0 saturated heterocycles. The highest BCUT2D eigenvalue weighted by Gasteiger charge is 2.37. The number of carbonyl (C=O) groups is 1. The fraction of sp³-hybridized carbons (Fsp3) is 0.562. The fourth-order valence-corrected chi connectivity index (χ4v) is 2.98. The van der Waals surface area contributed by atoms with E-state index in [9.17, 15) is 4.79 Å². The van der Waals surface area contributed by atoms with Crippen molar-refractivity contribution >= 4 is 5.78 Å². The Labute approximate surface area is 115 Å². The molecule has 0 unspecified atom stereocenters. The van der Waals surface area contributed by atoms with Crippen LogP contribution in [0.3, 0.4) is 0 Å². The Morgan fingerprint density at radius 1 is 1.16 bits per heavy atom. The maximum Gasteiger partial charge on any atom is 0.170 e. The number of hydrogen-bond donors (Lipinski definition) is 1. The van der Waals surface area contributed by atoms with Crippen molar-refractivity contribution in [1.82, 2.24) is 0 Å². The molecule has 1 aromatic rings. The highest BCUT2D eigenvalue weighted by molar-refractivity contribution is 6.00. The maximum atomic E-state index is 12.8. The molecular weight excluding hydrogens is 238 g/mol. The summed E-state index contributed by atoms with van der Waals surface area (Å²) >= 11 is 0. The predicted molar refractivity (Wildman–Crippen MR) is 76.5 cm³/mol. The van der Waals surface area contributed by atoms with Gasteiger partial charge < -0.3 is 10.5 Å². The van der Waals surface area contributed by atoms with Gasteiger partial charge in [-0.3, -0.25) is 4.79 Å². The molecule has 1 fully saturated rings. The molecule has 1 aliphatic carbocycles. The zero-order valence-electron chi connectivity index (χ0n) is 11.7. The third kappa shape index (κ3) is 2.98. The second-order valence-corrected chi connectivity index (χ2v) is 5.46. The predicted octanol–water partition coefficient (Wildman–Crippen LogP) is 3.18. The molecule has 104 valence electrons. The Balaban J connectivity index is 2.23. The first kappa shape index (κ1) is 14.1. The molecule has 2 rings (SSSR count). The Bertz CT molecular complexity index is 417. The number of hydrogen-bond acceptors (Lipinski definition) is 3. The summed E-state index contributed by atoms with van der Waals surface area (Å²) in [5, 5.41) is 0. The van der Waals surface area contributed by atoms with Gasteiger partial charge >= 0.3 is 0 Å². The van der Waals surface area contributed by atoms with E-state index in [0.29, 0.717) is 6.54 Å². The van der Waals surface area contributed by atoms with Gasteiger partial charge in [-0.05, 0) is 37.1 Å². The SMILES string of the molecule is COc1ccc(C(=O)C2(CN)CCCCCC2)cc1. The van der Waals surface area contributed by atoms with Crippen molar-refractivity contribution in [1.29, 1.82) is 0 Å². The number of ether oxygens (including phenoxy) is 1. The lowest BCUT2D eigenvalue weighted by molar-refractivity contribution is 0.0774. The maximum absolute atomic E-state index is 12.8. The highest BCUT2D eigenvalue weighted by Crippen LogP contribution is 2.37. The minimum Gasteiger partial charge on any atom is -0.497 e. The van der Waals surface area contributed by atoms with E-state index in [-0.39, 0.29) is 11.2 Å². The average molecular weight is 261 g/mol.